The summed E-state index contributed by atoms with van der Waals surface area (Å²) in [5.41, 5.74) is -5.34. The molecule has 0 amide bonds. The van der Waals surface area contributed by atoms with Gasteiger partial charge in [0.2, 0.25) is 0 Å². The van der Waals surface area contributed by atoms with E-state index in [-0.39, 0.29) is 12.0 Å². The zero-order valence-electron chi connectivity index (χ0n) is 16.5. The van der Waals surface area contributed by atoms with Gasteiger partial charge in [0.15, 0.2) is 8.32 Å². The van der Waals surface area contributed by atoms with Gasteiger partial charge < -0.3 is 9.16 Å². The molecule has 14 heteroatoms. The SMILES string of the molecule is CCCC(CCCC(=O)OC(CS(=O)(=O)O)(C(F)(F)F)C(F)(F)F)[Si](C)(C)OC. The number of hydrogen-bond acceptors (Lipinski definition) is 5. The number of esters is 1. The van der Waals surface area contributed by atoms with Gasteiger partial charge in [0.1, 0.15) is 5.75 Å². The lowest BCUT2D eigenvalue weighted by Gasteiger charge is -2.35. The van der Waals surface area contributed by atoms with Crippen molar-refractivity contribution in [3.63, 3.8) is 0 Å². The zero-order chi connectivity index (χ0) is 23.3. The molecule has 0 aliphatic carbocycles. The summed E-state index contributed by atoms with van der Waals surface area (Å²) >= 11 is 0. The van der Waals surface area contributed by atoms with Crippen molar-refractivity contribution in [3.8, 4) is 0 Å². The monoisotopic (exact) mass is 476 g/mol. The Morgan fingerprint density at radius 3 is 1.90 bits per heavy atom. The number of alkyl halides is 6. The zero-order valence-corrected chi connectivity index (χ0v) is 18.3. The first kappa shape index (κ1) is 28.1. The van der Waals surface area contributed by atoms with Crippen LogP contribution in [0.15, 0.2) is 0 Å². The van der Waals surface area contributed by atoms with E-state index in [0.29, 0.717) is 12.8 Å². The molecular weight excluding hydrogens is 450 g/mol. The van der Waals surface area contributed by atoms with E-state index in [9.17, 15) is 39.6 Å². The van der Waals surface area contributed by atoms with E-state index in [1.807, 2.05) is 20.0 Å². The minimum atomic E-state index is -6.31. The van der Waals surface area contributed by atoms with Gasteiger partial charge in [0.25, 0.3) is 10.1 Å². The van der Waals surface area contributed by atoms with Crippen LogP contribution in [0.1, 0.15) is 39.0 Å². The summed E-state index contributed by atoms with van der Waals surface area (Å²) in [6.07, 6.45) is -11.7. The minimum absolute atomic E-state index is 0.0121. The van der Waals surface area contributed by atoms with E-state index in [0.717, 1.165) is 6.42 Å². The van der Waals surface area contributed by atoms with Crippen molar-refractivity contribution < 1.29 is 53.3 Å². The molecule has 0 aromatic carbocycles. The fourth-order valence-corrected chi connectivity index (χ4v) is 5.94. The van der Waals surface area contributed by atoms with Crippen LogP contribution in [0.3, 0.4) is 0 Å². The summed E-state index contributed by atoms with van der Waals surface area (Å²) in [5.74, 6) is -4.74. The molecule has 0 aliphatic rings. The van der Waals surface area contributed by atoms with Gasteiger partial charge in [-0.05, 0) is 25.1 Å². The Labute approximate surface area is 166 Å². The molecule has 1 N–H and O–H groups in total. The van der Waals surface area contributed by atoms with E-state index < -0.39 is 54.5 Å². The van der Waals surface area contributed by atoms with Crippen LogP contribution in [0.2, 0.25) is 18.6 Å². The van der Waals surface area contributed by atoms with E-state index in [4.69, 9.17) is 8.98 Å². The predicted molar refractivity (Wildman–Crippen MR) is 94.3 cm³/mol. The molecule has 1 unspecified atom stereocenters. The highest BCUT2D eigenvalue weighted by Crippen LogP contribution is 2.47. The van der Waals surface area contributed by atoms with Crippen LogP contribution < -0.4 is 0 Å². The molecular formula is C15H26F6O6SSi. The first-order chi connectivity index (χ1) is 12.8. The quantitative estimate of drug-likeness (QED) is 0.205. The lowest BCUT2D eigenvalue weighted by Crippen LogP contribution is -2.63. The van der Waals surface area contributed by atoms with E-state index in [1.54, 1.807) is 0 Å². The number of ether oxygens (including phenoxy) is 1. The lowest BCUT2D eigenvalue weighted by molar-refractivity contribution is -0.361. The van der Waals surface area contributed by atoms with Gasteiger partial charge in [-0.3, -0.25) is 9.35 Å². The standard InChI is InChI=1S/C15H26F6O6SSi/c1-5-7-11(29(3,4)26-2)8-6-9-12(22)27-13(14(16,17)18,15(19,20)21)10-28(23,24)25/h11H,5-10H2,1-4H3,(H,23,24,25). The largest absolute Gasteiger partial charge is 0.438 e. The van der Waals surface area contributed by atoms with Crippen LogP contribution in [-0.2, 0) is 24.1 Å². The maximum absolute atomic E-state index is 13.1. The molecule has 6 nitrogen and oxygen atoms in total. The molecule has 0 saturated carbocycles. The van der Waals surface area contributed by atoms with E-state index >= 15 is 0 Å². The average molecular weight is 477 g/mol. The van der Waals surface area contributed by atoms with Crippen molar-refractivity contribution in [2.24, 2.45) is 0 Å². The molecule has 0 aromatic rings. The fourth-order valence-electron chi connectivity index (χ4n) is 2.82. The van der Waals surface area contributed by atoms with E-state index in [1.165, 1.54) is 7.11 Å². The van der Waals surface area contributed by atoms with Crippen molar-refractivity contribution >= 4 is 24.4 Å². The van der Waals surface area contributed by atoms with Crippen molar-refractivity contribution in [1.82, 2.24) is 0 Å². The van der Waals surface area contributed by atoms with Gasteiger partial charge in [-0.1, -0.05) is 26.2 Å². The molecule has 0 bridgehead atoms. The van der Waals surface area contributed by atoms with Gasteiger partial charge in [-0.25, -0.2) is 0 Å². The van der Waals surface area contributed by atoms with Gasteiger partial charge in [0.05, 0.1) is 0 Å². The van der Waals surface area contributed by atoms with Crippen molar-refractivity contribution in [2.75, 3.05) is 12.9 Å². The van der Waals surface area contributed by atoms with Gasteiger partial charge in [0, 0.05) is 13.5 Å². The van der Waals surface area contributed by atoms with Crippen molar-refractivity contribution in [2.45, 2.75) is 75.6 Å². The van der Waals surface area contributed by atoms with Crippen LogP contribution >= 0.6 is 0 Å². The van der Waals surface area contributed by atoms with Crippen LogP contribution in [0, 0.1) is 0 Å². The second-order valence-electron chi connectivity index (χ2n) is 7.21. The Kier molecular flexibility index (Phi) is 9.67. The molecule has 0 aliphatic heterocycles. The Morgan fingerprint density at radius 1 is 1.07 bits per heavy atom. The topological polar surface area (TPSA) is 89.9 Å². The summed E-state index contributed by atoms with van der Waals surface area (Å²) in [5, 5.41) is 0. The second-order valence-corrected chi connectivity index (χ2v) is 13.1. The maximum atomic E-state index is 13.1. The smallest absolute Gasteiger partial charge is 0.438 e. The summed E-state index contributed by atoms with van der Waals surface area (Å²) < 4.78 is 118. The normalized spacial score (nSPS) is 15.3. The first-order valence-electron chi connectivity index (χ1n) is 8.68. The molecule has 0 fully saturated rings. The van der Waals surface area contributed by atoms with Crippen molar-refractivity contribution in [3.05, 3.63) is 0 Å². The number of halogens is 6. The summed E-state index contributed by atoms with van der Waals surface area (Å²) in [6, 6.07) is 0. The van der Waals surface area contributed by atoms with Gasteiger partial charge >= 0.3 is 23.9 Å². The van der Waals surface area contributed by atoms with Crippen LogP contribution in [0.4, 0.5) is 26.3 Å². The third-order valence-electron chi connectivity index (χ3n) is 4.67. The fraction of sp³-hybridized carbons (Fsp3) is 0.933. The van der Waals surface area contributed by atoms with Gasteiger partial charge in [-0.2, -0.15) is 34.8 Å². The lowest BCUT2D eigenvalue weighted by atomic mass is 10.1. The minimum Gasteiger partial charge on any atom is -0.438 e. The Balaban J connectivity index is 5.45. The van der Waals surface area contributed by atoms with Crippen LogP contribution in [-0.4, -0.2) is 58.1 Å². The predicted octanol–water partition coefficient (Wildman–Crippen LogP) is 4.47. The van der Waals surface area contributed by atoms with Crippen molar-refractivity contribution in [1.29, 1.82) is 0 Å². The Morgan fingerprint density at radius 2 is 1.55 bits per heavy atom. The van der Waals surface area contributed by atoms with Crippen LogP contribution in [0.5, 0.6) is 0 Å². The highest BCUT2D eigenvalue weighted by atomic mass is 32.2. The summed E-state index contributed by atoms with van der Waals surface area (Å²) in [7, 11) is -6.44. The van der Waals surface area contributed by atoms with E-state index in [2.05, 4.69) is 4.74 Å². The molecule has 0 radical (unpaired) electrons. The third-order valence-corrected chi connectivity index (χ3v) is 9.04. The highest BCUT2D eigenvalue weighted by molar-refractivity contribution is 7.85. The Hall–Kier alpha value is -0.863. The molecule has 0 heterocycles. The first-order valence-corrected chi connectivity index (χ1v) is 13.3. The number of rotatable bonds is 11. The summed E-state index contributed by atoms with van der Waals surface area (Å²) in [4.78, 5) is 11.8. The maximum Gasteiger partial charge on any atom is 0.438 e. The van der Waals surface area contributed by atoms with Crippen LogP contribution in [0.25, 0.3) is 0 Å². The molecule has 0 saturated heterocycles. The van der Waals surface area contributed by atoms with Gasteiger partial charge in [-0.15, -0.1) is 0 Å². The Bertz CT molecular complexity index is 633. The molecule has 1 atom stereocenters. The summed E-state index contributed by atoms with van der Waals surface area (Å²) in [6.45, 7) is 5.70. The average Bonchev–Trinajstić information content (AvgIpc) is 2.49. The number of carbonyl (C=O) groups is 1. The molecule has 0 spiro atoms. The molecule has 174 valence electrons. The molecule has 0 rings (SSSR count). The molecule has 29 heavy (non-hydrogen) atoms. The molecule has 0 aromatic heterocycles. The number of hydrogen-bond donors (Lipinski definition) is 1. The second kappa shape index (κ2) is 9.96. The highest BCUT2D eigenvalue weighted by Gasteiger charge is 2.75. The third kappa shape index (κ3) is 8.06. The number of carbonyl (C=O) groups excluding carboxylic acids is 1.